The zero-order valence-electron chi connectivity index (χ0n) is 11.2. The molecule has 0 aromatic carbocycles. The summed E-state index contributed by atoms with van der Waals surface area (Å²) in [4.78, 5) is 10.6. The van der Waals surface area contributed by atoms with Crippen molar-refractivity contribution >= 4 is 0 Å². The average molecular weight is 236 g/mol. The lowest BCUT2D eigenvalue weighted by Gasteiger charge is -2.31. The largest absolute Gasteiger partial charge is 0.330 e. The van der Waals surface area contributed by atoms with Crippen LogP contribution in [0.15, 0.2) is 18.6 Å². The molecule has 0 unspecified atom stereocenters. The summed E-state index contributed by atoms with van der Waals surface area (Å²) in [5.41, 5.74) is 7.02. The molecule has 0 atom stereocenters. The molecule has 1 rings (SSSR count). The first-order valence-corrected chi connectivity index (χ1v) is 6.24. The number of hydrogen-bond donors (Lipinski definition) is 1. The lowest BCUT2D eigenvalue weighted by atomic mass is 9.93. The van der Waals surface area contributed by atoms with Gasteiger partial charge >= 0.3 is 0 Å². The number of nitrogens with zero attached hydrogens (tertiary/aromatic N) is 3. The molecular weight excluding hydrogens is 212 g/mol. The first kappa shape index (κ1) is 14.1. The lowest BCUT2D eigenvalue weighted by molar-refractivity contribution is 0.174. The molecule has 0 aliphatic carbocycles. The van der Waals surface area contributed by atoms with Gasteiger partial charge in [0.15, 0.2) is 0 Å². The first-order chi connectivity index (χ1) is 8.07. The van der Waals surface area contributed by atoms with Gasteiger partial charge in [-0.2, -0.15) is 0 Å². The Morgan fingerprint density at radius 2 is 2.18 bits per heavy atom. The fraction of sp³-hybridized carbons (Fsp3) is 0.692. The second-order valence-electron chi connectivity index (χ2n) is 5.28. The predicted octanol–water partition coefficient (Wildman–Crippen LogP) is 1.67. The second kappa shape index (κ2) is 6.67. The maximum atomic E-state index is 5.79. The van der Waals surface area contributed by atoms with Crippen molar-refractivity contribution in [3.05, 3.63) is 24.3 Å². The Bertz CT molecular complexity index is 310. The molecule has 4 nitrogen and oxygen atoms in total. The average Bonchev–Trinajstić information content (AvgIpc) is 2.30. The lowest BCUT2D eigenvalue weighted by Crippen LogP contribution is -2.39. The van der Waals surface area contributed by atoms with Gasteiger partial charge in [0.1, 0.15) is 6.33 Å². The third-order valence-electron chi connectivity index (χ3n) is 2.77. The normalized spacial score (nSPS) is 12.1. The maximum absolute atomic E-state index is 5.79. The van der Waals surface area contributed by atoms with Gasteiger partial charge in [-0.15, -0.1) is 0 Å². The number of hydrogen-bond acceptors (Lipinski definition) is 4. The van der Waals surface area contributed by atoms with E-state index in [4.69, 9.17) is 5.73 Å². The minimum Gasteiger partial charge on any atom is -0.330 e. The summed E-state index contributed by atoms with van der Waals surface area (Å²) in [6.45, 7) is 10.3. The quantitative estimate of drug-likeness (QED) is 0.782. The highest BCUT2D eigenvalue weighted by Gasteiger charge is 2.20. The van der Waals surface area contributed by atoms with Crippen molar-refractivity contribution in [1.29, 1.82) is 0 Å². The highest BCUT2D eigenvalue weighted by atomic mass is 15.1. The fourth-order valence-corrected chi connectivity index (χ4v) is 1.84. The first-order valence-electron chi connectivity index (χ1n) is 6.24. The van der Waals surface area contributed by atoms with Crippen LogP contribution in [-0.2, 0) is 6.54 Å². The molecule has 1 aromatic heterocycles. The van der Waals surface area contributed by atoms with Gasteiger partial charge in [0.2, 0.25) is 0 Å². The molecule has 1 heterocycles. The zero-order chi connectivity index (χ0) is 12.7. The van der Waals surface area contributed by atoms with E-state index in [1.54, 1.807) is 12.5 Å². The summed E-state index contributed by atoms with van der Waals surface area (Å²) >= 11 is 0. The number of aromatic nitrogens is 2. The van der Waals surface area contributed by atoms with Gasteiger partial charge in [-0.3, -0.25) is 4.90 Å². The SMILES string of the molecule is CCCN(Cc1ccncn1)CC(C)(C)CN. The van der Waals surface area contributed by atoms with Gasteiger partial charge in [-0.25, -0.2) is 9.97 Å². The van der Waals surface area contributed by atoms with E-state index in [1.807, 2.05) is 6.07 Å². The molecule has 0 bridgehead atoms. The molecule has 0 amide bonds. The van der Waals surface area contributed by atoms with Crippen molar-refractivity contribution in [3.63, 3.8) is 0 Å². The van der Waals surface area contributed by atoms with Gasteiger partial charge in [-0.1, -0.05) is 20.8 Å². The van der Waals surface area contributed by atoms with Crippen molar-refractivity contribution in [3.8, 4) is 0 Å². The standard InChI is InChI=1S/C13H24N4/c1-4-7-17(10-13(2,3)9-14)8-12-5-6-15-11-16-12/h5-6,11H,4,7-10,14H2,1-3H3. The summed E-state index contributed by atoms with van der Waals surface area (Å²) in [6.07, 6.45) is 4.54. The van der Waals surface area contributed by atoms with Crippen LogP contribution in [0.5, 0.6) is 0 Å². The molecule has 0 fully saturated rings. The van der Waals surface area contributed by atoms with E-state index >= 15 is 0 Å². The molecule has 4 heteroatoms. The van der Waals surface area contributed by atoms with Crippen LogP contribution in [0, 0.1) is 5.41 Å². The number of rotatable bonds is 7. The van der Waals surface area contributed by atoms with Gasteiger partial charge in [0.25, 0.3) is 0 Å². The molecule has 17 heavy (non-hydrogen) atoms. The highest BCUT2D eigenvalue weighted by molar-refractivity contribution is 4.97. The van der Waals surface area contributed by atoms with Gasteiger partial charge in [0, 0.05) is 19.3 Å². The van der Waals surface area contributed by atoms with E-state index in [9.17, 15) is 0 Å². The highest BCUT2D eigenvalue weighted by Crippen LogP contribution is 2.16. The van der Waals surface area contributed by atoms with Gasteiger partial charge < -0.3 is 5.73 Å². The van der Waals surface area contributed by atoms with Crippen molar-refractivity contribution in [2.24, 2.45) is 11.1 Å². The van der Waals surface area contributed by atoms with Crippen molar-refractivity contribution < 1.29 is 0 Å². The van der Waals surface area contributed by atoms with E-state index in [-0.39, 0.29) is 5.41 Å². The summed E-state index contributed by atoms with van der Waals surface area (Å²) in [5.74, 6) is 0. The van der Waals surface area contributed by atoms with Crippen molar-refractivity contribution in [2.75, 3.05) is 19.6 Å². The van der Waals surface area contributed by atoms with Crippen LogP contribution in [0.4, 0.5) is 0 Å². The Morgan fingerprint density at radius 1 is 1.41 bits per heavy atom. The molecule has 0 saturated heterocycles. The van der Waals surface area contributed by atoms with Crippen LogP contribution in [0.3, 0.4) is 0 Å². The van der Waals surface area contributed by atoms with Crippen LogP contribution in [-0.4, -0.2) is 34.5 Å². The van der Waals surface area contributed by atoms with Crippen LogP contribution in [0.2, 0.25) is 0 Å². The fourth-order valence-electron chi connectivity index (χ4n) is 1.84. The minimum atomic E-state index is 0.155. The molecule has 1 aromatic rings. The molecule has 0 spiro atoms. The molecule has 0 aliphatic rings. The monoisotopic (exact) mass is 236 g/mol. The summed E-state index contributed by atoms with van der Waals surface area (Å²) in [5, 5.41) is 0. The van der Waals surface area contributed by atoms with E-state index in [1.165, 1.54) is 0 Å². The Labute approximate surface area is 104 Å². The van der Waals surface area contributed by atoms with E-state index < -0.39 is 0 Å². The van der Waals surface area contributed by atoms with Crippen LogP contribution < -0.4 is 5.73 Å². The van der Waals surface area contributed by atoms with E-state index in [0.717, 1.165) is 31.7 Å². The summed E-state index contributed by atoms with van der Waals surface area (Å²) < 4.78 is 0. The minimum absolute atomic E-state index is 0.155. The third-order valence-corrected chi connectivity index (χ3v) is 2.77. The predicted molar refractivity (Wildman–Crippen MR) is 70.4 cm³/mol. The topological polar surface area (TPSA) is 55.0 Å². The maximum Gasteiger partial charge on any atom is 0.115 e. The van der Waals surface area contributed by atoms with Crippen LogP contribution in [0.1, 0.15) is 32.9 Å². The number of nitrogens with two attached hydrogens (primary N) is 1. The summed E-state index contributed by atoms with van der Waals surface area (Å²) in [6, 6.07) is 1.97. The van der Waals surface area contributed by atoms with Crippen LogP contribution in [0.25, 0.3) is 0 Å². The Hall–Kier alpha value is -1.00. The second-order valence-corrected chi connectivity index (χ2v) is 5.28. The molecule has 2 N–H and O–H groups in total. The van der Waals surface area contributed by atoms with Crippen molar-refractivity contribution in [1.82, 2.24) is 14.9 Å². The van der Waals surface area contributed by atoms with Crippen molar-refractivity contribution in [2.45, 2.75) is 33.7 Å². The van der Waals surface area contributed by atoms with Gasteiger partial charge in [0.05, 0.1) is 5.69 Å². The Kier molecular flexibility index (Phi) is 5.51. The Balaban J connectivity index is 2.60. The molecular formula is C13H24N4. The van der Waals surface area contributed by atoms with E-state index in [0.29, 0.717) is 6.54 Å². The van der Waals surface area contributed by atoms with Gasteiger partial charge in [-0.05, 0) is 31.0 Å². The molecule has 96 valence electrons. The van der Waals surface area contributed by atoms with Crippen LogP contribution >= 0.6 is 0 Å². The Morgan fingerprint density at radius 3 is 2.71 bits per heavy atom. The molecule has 0 saturated carbocycles. The zero-order valence-corrected chi connectivity index (χ0v) is 11.2. The molecule has 0 aliphatic heterocycles. The smallest absolute Gasteiger partial charge is 0.115 e. The molecule has 0 radical (unpaired) electrons. The third kappa shape index (κ3) is 5.24. The summed E-state index contributed by atoms with van der Waals surface area (Å²) in [7, 11) is 0. The van der Waals surface area contributed by atoms with E-state index in [2.05, 4.69) is 35.6 Å².